The molecule has 0 aliphatic carbocycles. The number of halogens is 2. The van der Waals surface area contributed by atoms with Gasteiger partial charge in [-0.2, -0.15) is 0 Å². The minimum atomic E-state index is -1.00. The number of unbranched alkanes of at least 4 members (excludes halogenated alkanes) is 1. The first kappa shape index (κ1) is 20.4. The maximum absolute atomic E-state index is 13.1. The van der Waals surface area contributed by atoms with Gasteiger partial charge in [-0.15, -0.1) is 0 Å². The Hall–Kier alpha value is -2.90. The van der Waals surface area contributed by atoms with Crippen molar-refractivity contribution < 1.29 is 14.3 Å². The number of anilines is 1. The summed E-state index contributed by atoms with van der Waals surface area (Å²) < 4.78 is 5.62. The van der Waals surface area contributed by atoms with Gasteiger partial charge >= 0.3 is 6.09 Å². The molecule has 0 radical (unpaired) electrons. The fraction of sp³-hybridized carbons (Fsp3) is 0.238. The molecular weight excluding hydrogens is 427 g/mol. The van der Waals surface area contributed by atoms with Crippen LogP contribution in [0.4, 0.5) is 10.6 Å². The Bertz CT molecular complexity index is 1140. The second-order valence-corrected chi connectivity index (χ2v) is 7.62. The lowest BCUT2D eigenvalue weighted by atomic mass is 10.1. The highest BCUT2D eigenvalue weighted by Crippen LogP contribution is 2.39. The third-order valence-electron chi connectivity index (χ3n) is 4.73. The molecule has 1 aliphatic rings. The first-order valence-corrected chi connectivity index (χ1v) is 10.2. The van der Waals surface area contributed by atoms with Crippen LogP contribution in [0.25, 0.3) is 11.0 Å². The SMILES string of the molecule is CCCCNC(=O)OC1c2cc(Cl)ccc2C(=O)N1c1ccc2ccc(Cl)nc2n1. The molecule has 2 amide bonds. The van der Waals surface area contributed by atoms with E-state index in [0.717, 1.165) is 18.2 Å². The minimum Gasteiger partial charge on any atom is -0.420 e. The number of aromatic nitrogens is 2. The second kappa shape index (κ2) is 8.45. The Labute approximate surface area is 183 Å². The van der Waals surface area contributed by atoms with Gasteiger partial charge in [0.05, 0.1) is 0 Å². The van der Waals surface area contributed by atoms with E-state index in [0.29, 0.717) is 34.2 Å². The van der Waals surface area contributed by atoms with Crippen molar-refractivity contribution in [2.24, 2.45) is 0 Å². The van der Waals surface area contributed by atoms with Crippen LogP contribution in [0.1, 0.15) is 41.9 Å². The van der Waals surface area contributed by atoms with Crippen LogP contribution in [0.3, 0.4) is 0 Å². The molecule has 0 spiro atoms. The van der Waals surface area contributed by atoms with Crippen molar-refractivity contribution in [1.29, 1.82) is 0 Å². The van der Waals surface area contributed by atoms with Gasteiger partial charge in [-0.3, -0.25) is 9.69 Å². The van der Waals surface area contributed by atoms with Crippen LogP contribution in [-0.2, 0) is 4.74 Å². The topological polar surface area (TPSA) is 84.4 Å². The lowest BCUT2D eigenvalue weighted by molar-refractivity contribution is 0.0831. The smallest absolute Gasteiger partial charge is 0.409 e. The Kier molecular flexibility index (Phi) is 5.74. The van der Waals surface area contributed by atoms with Crippen LogP contribution in [0.2, 0.25) is 10.2 Å². The molecule has 154 valence electrons. The van der Waals surface area contributed by atoms with E-state index in [4.69, 9.17) is 27.9 Å². The highest BCUT2D eigenvalue weighted by Gasteiger charge is 2.41. The number of alkyl carbamates (subject to hydrolysis) is 1. The number of fused-ring (bicyclic) bond motifs is 2. The molecule has 1 aromatic carbocycles. The van der Waals surface area contributed by atoms with E-state index in [2.05, 4.69) is 15.3 Å². The number of hydrogen-bond acceptors (Lipinski definition) is 5. The van der Waals surface area contributed by atoms with Crippen molar-refractivity contribution in [2.75, 3.05) is 11.4 Å². The zero-order valence-electron chi connectivity index (χ0n) is 16.1. The van der Waals surface area contributed by atoms with Crippen molar-refractivity contribution in [3.05, 3.63) is 63.8 Å². The second-order valence-electron chi connectivity index (χ2n) is 6.79. The first-order valence-electron chi connectivity index (χ1n) is 9.48. The molecule has 2 aromatic heterocycles. The highest BCUT2D eigenvalue weighted by atomic mass is 35.5. The summed E-state index contributed by atoms with van der Waals surface area (Å²) in [5, 5.41) is 4.19. The van der Waals surface area contributed by atoms with Gasteiger partial charge in [-0.1, -0.05) is 36.5 Å². The number of benzene rings is 1. The maximum Gasteiger partial charge on any atom is 0.409 e. The predicted molar refractivity (Wildman–Crippen MR) is 115 cm³/mol. The third kappa shape index (κ3) is 3.91. The number of nitrogens with one attached hydrogen (secondary N) is 1. The van der Waals surface area contributed by atoms with Gasteiger partial charge in [0, 0.05) is 28.1 Å². The number of carbonyl (C=O) groups is 2. The van der Waals surface area contributed by atoms with Gasteiger partial charge in [0.1, 0.15) is 11.0 Å². The molecule has 30 heavy (non-hydrogen) atoms. The average Bonchev–Trinajstić information content (AvgIpc) is 2.98. The lowest BCUT2D eigenvalue weighted by Gasteiger charge is -2.24. The van der Waals surface area contributed by atoms with Crippen LogP contribution in [0.5, 0.6) is 0 Å². The summed E-state index contributed by atoms with van der Waals surface area (Å²) in [5.41, 5.74) is 1.28. The molecule has 0 saturated carbocycles. The molecule has 1 N–H and O–H groups in total. The average molecular weight is 445 g/mol. The van der Waals surface area contributed by atoms with Gasteiger partial charge in [0.25, 0.3) is 5.91 Å². The monoisotopic (exact) mass is 444 g/mol. The normalized spacial score (nSPS) is 15.4. The molecule has 0 fully saturated rings. The Morgan fingerprint density at radius 1 is 1.17 bits per heavy atom. The fourth-order valence-corrected chi connectivity index (χ4v) is 3.58. The molecule has 3 heterocycles. The Morgan fingerprint density at radius 2 is 1.97 bits per heavy atom. The summed E-state index contributed by atoms with van der Waals surface area (Å²) in [6.45, 7) is 2.50. The third-order valence-corrected chi connectivity index (χ3v) is 5.18. The van der Waals surface area contributed by atoms with E-state index >= 15 is 0 Å². The number of carbonyl (C=O) groups excluding carboxylic acids is 2. The van der Waals surface area contributed by atoms with Crippen LogP contribution in [-0.4, -0.2) is 28.5 Å². The van der Waals surface area contributed by atoms with Crippen LogP contribution < -0.4 is 10.2 Å². The summed E-state index contributed by atoms with van der Waals surface area (Å²) in [6, 6.07) is 11.8. The highest BCUT2D eigenvalue weighted by molar-refractivity contribution is 6.31. The summed E-state index contributed by atoms with van der Waals surface area (Å²) in [6.07, 6.45) is 0.130. The predicted octanol–water partition coefficient (Wildman–Crippen LogP) is 5.12. The molecule has 0 saturated heterocycles. The number of amides is 2. The van der Waals surface area contributed by atoms with Crippen molar-refractivity contribution in [3.63, 3.8) is 0 Å². The molecule has 4 rings (SSSR count). The number of nitrogens with zero attached hydrogens (tertiary/aromatic N) is 3. The van der Waals surface area contributed by atoms with Gasteiger partial charge in [-0.05, 0) is 48.9 Å². The van der Waals surface area contributed by atoms with Crippen LogP contribution >= 0.6 is 23.2 Å². The van der Waals surface area contributed by atoms with E-state index in [1.54, 1.807) is 42.5 Å². The summed E-state index contributed by atoms with van der Waals surface area (Å²) >= 11 is 12.1. The van der Waals surface area contributed by atoms with E-state index in [1.165, 1.54) is 4.90 Å². The Morgan fingerprint density at radius 3 is 2.77 bits per heavy atom. The lowest BCUT2D eigenvalue weighted by Crippen LogP contribution is -2.35. The summed E-state index contributed by atoms with van der Waals surface area (Å²) in [4.78, 5) is 35.5. The molecule has 0 bridgehead atoms. The number of pyridine rings is 2. The van der Waals surface area contributed by atoms with Gasteiger partial charge in [0.2, 0.25) is 6.23 Å². The van der Waals surface area contributed by atoms with Crippen molar-refractivity contribution in [2.45, 2.75) is 26.0 Å². The van der Waals surface area contributed by atoms with Crippen molar-refractivity contribution >= 4 is 52.1 Å². The maximum atomic E-state index is 13.1. The van der Waals surface area contributed by atoms with Gasteiger partial charge in [-0.25, -0.2) is 14.8 Å². The molecule has 1 atom stereocenters. The molecule has 7 nitrogen and oxygen atoms in total. The molecule has 9 heteroatoms. The molecule has 1 unspecified atom stereocenters. The quantitative estimate of drug-likeness (QED) is 0.435. The molecule has 3 aromatic rings. The van der Waals surface area contributed by atoms with E-state index < -0.39 is 12.3 Å². The van der Waals surface area contributed by atoms with Crippen molar-refractivity contribution in [3.8, 4) is 0 Å². The fourth-order valence-electron chi connectivity index (χ4n) is 3.26. The van der Waals surface area contributed by atoms with Crippen LogP contribution in [0, 0.1) is 0 Å². The summed E-state index contributed by atoms with van der Waals surface area (Å²) in [5.74, 6) is -0.0529. The van der Waals surface area contributed by atoms with Crippen LogP contribution in [0.15, 0.2) is 42.5 Å². The first-order chi connectivity index (χ1) is 14.5. The largest absolute Gasteiger partial charge is 0.420 e. The number of hydrogen-bond donors (Lipinski definition) is 1. The molecule has 1 aliphatic heterocycles. The van der Waals surface area contributed by atoms with Gasteiger partial charge in [0.15, 0.2) is 5.65 Å². The Balaban J connectivity index is 1.73. The number of ether oxygens (including phenoxy) is 1. The number of rotatable bonds is 5. The van der Waals surface area contributed by atoms with Gasteiger partial charge < -0.3 is 10.1 Å². The zero-order valence-corrected chi connectivity index (χ0v) is 17.6. The summed E-state index contributed by atoms with van der Waals surface area (Å²) in [7, 11) is 0. The minimum absolute atomic E-state index is 0.290. The van der Waals surface area contributed by atoms with E-state index in [9.17, 15) is 9.59 Å². The zero-order chi connectivity index (χ0) is 21.3. The standard InChI is InChI=1S/C21H18Cl2N4O3/c1-2-3-10-24-21(29)30-20-15-11-13(22)6-7-14(15)19(28)27(20)17-9-5-12-4-8-16(23)25-18(12)26-17/h4-9,11,20H,2-3,10H2,1H3,(H,24,29). The van der Waals surface area contributed by atoms with Crippen molar-refractivity contribution in [1.82, 2.24) is 15.3 Å². The van der Waals surface area contributed by atoms with E-state index in [1.807, 2.05) is 6.92 Å². The van der Waals surface area contributed by atoms with E-state index in [-0.39, 0.29) is 11.1 Å². The molecular formula is C21H18Cl2N4O3.